The molecule has 0 spiro atoms. The Bertz CT molecular complexity index is 704. The van der Waals surface area contributed by atoms with Crippen LogP contribution in [0.3, 0.4) is 0 Å². The largest absolute Gasteiger partial charge is 0.479 e. The smallest absolute Gasteiger partial charge is 0.331 e. The molecular formula is C16H15NO4. The van der Waals surface area contributed by atoms with Crippen molar-refractivity contribution in [1.82, 2.24) is 4.90 Å². The van der Waals surface area contributed by atoms with Gasteiger partial charge >= 0.3 is 5.97 Å². The molecule has 1 aliphatic rings. The number of amides is 1. The quantitative estimate of drug-likeness (QED) is 0.919. The molecule has 1 aliphatic heterocycles. The molecule has 108 valence electrons. The highest BCUT2D eigenvalue weighted by Gasteiger charge is 2.37. The van der Waals surface area contributed by atoms with Crippen LogP contribution in [0.15, 0.2) is 40.8 Å². The third-order valence-corrected chi connectivity index (χ3v) is 3.73. The second kappa shape index (κ2) is 5.09. The van der Waals surface area contributed by atoms with Gasteiger partial charge in [-0.3, -0.25) is 4.79 Å². The van der Waals surface area contributed by atoms with Crippen LogP contribution in [0.25, 0.3) is 0 Å². The lowest BCUT2D eigenvalue weighted by atomic mass is 9.92. The summed E-state index contributed by atoms with van der Waals surface area (Å²) >= 11 is 0. The summed E-state index contributed by atoms with van der Waals surface area (Å²) in [6.45, 7) is 2.11. The number of benzene rings is 1. The minimum Gasteiger partial charge on any atom is -0.479 e. The maximum absolute atomic E-state index is 12.5. The molecule has 1 N–H and O–H groups in total. The number of carbonyl (C=O) groups excluding carboxylic acids is 1. The zero-order chi connectivity index (χ0) is 15.0. The van der Waals surface area contributed by atoms with Gasteiger partial charge in [0.05, 0.1) is 0 Å². The van der Waals surface area contributed by atoms with Gasteiger partial charge in [0.25, 0.3) is 5.91 Å². The number of fused-ring (bicyclic) bond motifs is 1. The Balaban J connectivity index is 1.99. The predicted octanol–water partition coefficient (Wildman–Crippen LogP) is 2.41. The van der Waals surface area contributed by atoms with Gasteiger partial charge in [0, 0.05) is 6.54 Å². The molecule has 21 heavy (non-hydrogen) atoms. The molecule has 2 heterocycles. The predicted molar refractivity (Wildman–Crippen MR) is 75.0 cm³/mol. The summed E-state index contributed by atoms with van der Waals surface area (Å²) in [7, 11) is 0. The van der Waals surface area contributed by atoms with Gasteiger partial charge in [0.1, 0.15) is 5.76 Å². The van der Waals surface area contributed by atoms with Crippen LogP contribution in [-0.2, 0) is 11.2 Å². The molecule has 3 rings (SSSR count). The van der Waals surface area contributed by atoms with Gasteiger partial charge in [-0.25, -0.2) is 4.79 Å². The van der Waals surface area contributed by atoms with Crippen molar-refractivity contribution in [2.45, 2.75) is 19.4 Å². The van der Waals surface area contributed by atoms with E-state index in [1.165, 1.54) is 4.90 Å². The van der Waals surface area contributed by atoms with Crippen molar-refractivity contribution < 1.29 is 19.1 Å². The Kier molecular flexibility index (Phi) is 3.25. The van der Waals surface area contributed by atoms with E-state index >= 15 is 0 Å². The summed E-state index contributed by atoms with van der Waals surface area (Å²) < 4.78 is 5.33. The number of carboxylic acids is 1. The molecule has 1 amide bonds. The first-order valence-corrected chi connectivity index (χ1v) is 6.76. The van der Waals surface area contributed by atoms with E-state index < -0.39 is 12.0 Å². The molecular weight excluding hydrogens is 270 g/mol. The van der Waals surface area contributed by atoms with Gasteiger partial charge in [0.2, 0.25) is 0 Å². The summed E-state index contributed by atoms with van der Waals surface area (Å²) in [6, 6.07) is 9.65. The lowest BCUT2D eigenvalue weighted by Crippen LogP contribution is -2.43. The fraction of sp³-hybridized carbons (Fsp3) is 0.250. The van der Waals surface area contributed by atoms with Crippen molar-refractivity contribution in [2.24, 2.45) is 0 Å². The first kappa shape index (κ1) is 13.4. The van der Waals surface area contributed by atoms with Crippen molar-refractivity contribution in [2.75, 3.05) is 6.54 Å². The van der Waals surface area contributed by atoms with Crippen molar-refractivity contribution in [3.8, 4) is 0 Å². The van der Waals surface area contributed by atoms with Gasteiger partial charge < -0.3 is 14.4 Å². The molecule has 0 fully saturated rings. The summed E-state index contributed by atoms with van der Waals surface area (Å²) in [5, 5.41) is 9.53. The fourth-order valence-corrected chi connectivity index (χ4v) is 2.74. The van der Waals surface area contributed by atoms with Gasteiger partial charge in [-0.1, -0.05) is 24.3 Å². The first-order valence-electron chi connectivity index (χ1n) is 6.76. The van der Waals surface area contributed by atoms with E-state index in [2.05, 4.69) is 0 Å². The molecule has 1 aromatic heterocycles. The molecule has 0 saturated carbocycles. The second-order valence-corrected chi connectivity index (χ2v) is 5.10. The molecule has 1 aromatic carbocycles. The molecule has 1 unspecified atom stereocenters. The Morgan fingerprint density at radius 3 is 2.67 bits per heavy atom. The van der Waals surface area contributed by atoms with E-state index in [1.807, 2.05) is 12.1 Å². The lowest BCUT2D eigenvalue weighted by molar-refractivity contribution is -0.143. The van der Waals surface area contributed by atoms with E-state index in [1.54, 1.807) is 31.2 Å². The number of nitrogens with zero attached hydrogens (tertiary/aromatic N) is 1. The van der Waals surface area contributed by atoms with Crippen LogP contribution in [0.1, 0.15) is 33.5 Å². The third-order valence-electron chi connectivity index (χ3n) is 3.73. The number of carbonyl (C=O) groups is 2. The second-order valence-electron chi connectivity index (χ2n) is 5.10. The number of aryl methyl sites for hydroxylation is 1. The average Bonchev–Trinajstić information content (AvgIpc) is 2.91. The minimum atomic E-state index is -1.03. The number of aliphatic carboxylic acids is 1. The molecule has 2 aromatic rings. The topological polar surface area (TPSA) is 70.8 Å². The van der Waals surface area contributed by atoms with E-state index in [0.29, 0.717) is 24.3 Å². The molecule has 0 bridgehead atoms. The number of carboxylic acid groups (broad SMARTS) is 1. The van der Waals surface area contributed by atoms with E-state index in [9.17, 15) is 14.7 Å². The van der Waals surface area contributed by atoms with Crippen LogP contribution in [0.2, 0.25) is 0 Å². The van der Waals surface area contributed by atoms with Crippen LogP contribution in [-0.4, -0.2) is 28.4 Å². The number of hydrogen-bond acceptors (Lipinski definition) is 3. The van der Waals surface area contributed by atoms with E-state index in [4.69, 9.17) is 4.42 Å². The Morgan fingerprint density at radius 1 is 1.24 bits per heavy atom. The van der Waals surface area contributed by atoms with Crippen molar-refractivity contribution in [3.63, 3.8) is 0 Å². The zero-order valence-corrected chi connectivity index (χ0v) is 11.6. The van der Waals surface area contributed by atoms with Gasteiger partial charge in [-0.15, -0.1) is 0 Å². The highest BCUT2D eigenvalue weighted by atomic mass is 16.4. The summed E-state index contributed by atoms with van der Waals surface area (Å²) in [4.78, 5) is 25.5. The van der Waals surface area contributed by atoms with Crippen molar-refractivity contribution >= 4 is 11.9 Å². The number of hydrogen-bond donors (Lipinski definition) is 1. The van der Waals surface area contributed by atoms with Crippen molar-refractivity contribution in [3.05, 3.63) is 59.0 Å². The Morgan fingerprint density at radius 2 is 2.00 bits per heavy atom. The molecule has 0 radical (unpaired) electrons. The molecule has 0 saturated heterocycles. The van der Waals surface area contributed by atoms with Crippen LogP contribution < -0.4 is 0 Å². The Hall–Kier alpha value is -2.56. The van der Waals surface area contributed by atoms with E-state index in [0.717, 1.165) is 5.56 Å². The number of rotatable bonds is 2. The normalized spacial score (nSPS) is 17.4. The molecule has 1 atom stereocenters. The van der Waals surface area contributed by atoms with Gasteiger partial charge in [-0.2, -0.15) is 0 Å². The highest BCUT2D eigenvalue weighted by molar-refractivity contribution is 5.95. The maximum Gasteiger partial charge on any atom is 0.331 e. The summed E-state index contributed by atoms with van der Waals surface area (Å²) in [6.07, 6.45) is 0.644. The molecule has 5 heteroatoms. The average molecular weight is 285 g/mol. The molecule has 5 nitrogen and oxygen atoms in total. The summed E-state index contributed by atoms with van der Waals surface area (Å²) in [5.41, 5.74) is 1.65. The van der Waals surface area contributed by atoms with Crippen LogP contribution in [0, 0.1) is 6.92 Å². The SMILES string of the molecule is Cc1ccc(C(=O)N2CCc3ccccc3C2C(=O)O)o1. The molecule has 0 aliphatic carbocycles. The van der Waals surface area contributed by atoms with Crippen LogP contribution in [0.4, 0.5) is 0 Å². The van der Waals surface area contributed by atoms with Crippen LogP contribution >= 0.6 is 0 Å². The highest BCUT2D eigenvalue weighted by Crippen LogP contribution is 2.31. The standard InChI is InChI=1S/C16H15NO4/c1-10-6-7-13(21-10)15(18)17-9-8-11-4-2-3-5-12(11)14(17)16(19)20/h2-7,14H,8-9H2,1H3,(H,19,20). The lowest BCUT2D eigenvalue weighted by Gasteiger charge is -2.34. The number of furan rings is 1. The van der Waals surface area contributed by atoms with Gasteiger partial charge in [-0.05, 0) is 36.6 Å². The minimum absolute atomic E-state index is 0.179. The Labute approximate surface area is 121 Å². The maximum atomic E-state index is 12.5. The zero-order valence-electron chi connectivity index (χ0n) is 11.6. The first-order chi connectivity index (χ1) is 10.1. The van der Waals surface area contributed by atoms with E-state index in [-0.39, 0.29) is 11.7 Å². The van der Waals surface area contributed by atoms with Crippen molar-refractivity contribution in [1.29, 1.82) is 0 Å². The summed E-state index contributed by atoms with van der Waals surface area (Å²) in [5.74, 6) is -0.607. The van der Waals surface area contributed by atoms with Gasteiger partial charge in [0.15, 0.2) is 11.8 Å². The van der Waals surface area contributed by atoms with Crippen LogP contribution in [0.5, 0.6) is 0 Å². The third kappa shape index (κ3) is 2.31. The monoisotopic (exact) mass is 285 g/mol. The fourth-order valence-electron chi connectivity index (χ4n) is 2.74.